The SMILES string of the molecule is CCC1(c2cccc(-c3cn(C)nc3C)c2)C2=C(CC(C)(C)NC2=O)NC2N=NC(C(F)(F)F)=C21. The van der Waals surface area contributed by atoms with E-state index < -0.39 is 29.0 Å². The highest BCUT2D eigenvalue weighted by molar-refractivity contribution is 6.00. The van der Waals surface area contributed by atoms with Crippen LogP contribution in [0.15, 0.2) is 63.2 Å². The molecule has 1 aromatic carbocycles. The minimum absolute atomic E-state index is 0.0267. The third-order valence-corrected chi connectivity index (χ3v) is 7.08. The molecule has 2 atom stereocenters. The van der Waals surface area contributed by atoms with Gasteiger partial charge in [-0.05, 0) is 44.4 Å². The number of benzene rings is 1. The fraction of sp³-hybridized carbons (Fsp3) is 0.440. The Morgan fingerprint density at radius 1 is 1.26 bits per heavy atom. The van der Waals surface area contributed by atoms with Gasteiger partial charge in [-0.25, -0.2) is 0 Å². The fourth-order valence-corrected chi connectivity index (χ4v) is 5.76. The van der Waals surface area contributed by atoms with Crippen molar-refractivity contribution in [3.63, 3.8) is 0 Å². The molecule has 2 N–H and O–H groups in total. The minimum Gasteiger partial charge on any atom is -0.362 e. The van der Waals surface area contributed by atoms with Crippen molar-refractivity contribution in [1.29, 1.82) is 0 Å². The number of nitrogens with one attached hydrogen (secondary N) is 2. The Kier molecular flexibility index (Phi) is 5.02. The summed E-state index contributed by atoms with van der Waals surface area (Å²) in [7, 11) is 1.82. The van der Waals surface area contributed by atoms with E-state index in [1.54, 1.807) is 17.7 Å². The summed E-state index contributed by atoms with van der Waals surface area (Å²) in [5.41, 5.74) is 1.03. The van der Waals surface area contributed by atoms with Crippen molar-refractivity contribution in [2.24, 2.45) is 17.3 Å². The van der Waals surface area contributed by atoms with Gasteiger partial charge in [0, 0.05) is 42.0 Å². The summed E-state index contributed by atoms with van der Waals surface area (Å²) in [6, 6.07) is 7.37. The molecule has 0 aliphatic carbocycles. The number of fused-ring (bicyclic) bond motifs is 1. The average molecular weight is 485 g/mol. The number of carbonyl (C=O) groups excluding carboxylic acids is 1. The highest BCUT2D eigenvalue weighted by Crippen LogP contribution is 2.55. The van der Waals surface area contributed by atoms with Crippen LogP contribution in [-0.2, 0) is 17.3 Å². The van der Waals surface area contributed by atoms with E-state index in [1.807, 2.05) is 52.2 Å². The molecule has 35 heavy (non-hydrogen) atoms. The van der Waals surface area contributed by atoms with Gasteiger partial charge in [-0.1, -0.05) is 25.1 Å². The van der Waals surface area contributed by atoms with Crippen molar-refractivity contribution in [3.8, 4) is 11.1 Å². The zero-order valence-corrected chi connectivity index (χ0v) is 20.2. The molecule has 10 heteroatoms. The maximum absolute atomic E-state index is 14.2. The maximum atomic E-state index is 14.2. The molecular formula is C25H27F3N6O. The molecule has 0 fully saturated rings. The van der Waals surface area contributed by atoms with Crippen LogP contribution in [0.3, 0.4) is 0 Å². The van der Waals surface area contributed by atoms with Gasteiger partial charge in [0.15, 0.2) is 11.9 Å². The van der Waals surface area contributed by atoms with Crippen LogP contribution >= 0.6 is 0 Å². The zero-order valence-electron chi connectivity index (χ0n) is 20.2. The molecule has 2 aromatic rings. The first-order valence-corrected chi connectivity index (χ1v) is 11.5. The Hall–Kier alpha value is -3.43. The van der Waals surface area contributed by atoms with E-state index in [0.717, 1.165) is 16.8 Å². The first-order chi connectivity index (χ1) is 16.4. The summed E-state index contributed by atoms with van der Waals surface area (Å²) in [5.74, 6) is -0.382. The smallest absolute Gasteiger partial charge is 0.362 e. The van der Waals surface area contributed by atoms with Crippen molar-refractivity contribution in [2.45, 2.75) is 63.8 Å². The monoisotopic (exact) mass is 484 g/mol. The normalized spacial score (nSPS) is 25.4. The van der Waals surface area contributed by atoms with E-state index in [-0.39, 0.29) is 17.9 Å². The predicted molar refractivity (Wildman–Crippen MR) is 124 cm³/mol. The number of halogens is 3. The molecule has 0 saturated heterocycles. The summed E-state index contributed by atoms with van der Waals surface area (Å²) in [4.78, 5) is 13.6. The second-order valence-electron chi connectivity index (χ2n) is 10.0. The largest absolute Gasteiger partial charge is 0.435 e. The molecular weight excluding hydrogens is 457 g/mol. The quantitative estimate of drug-likeness (QED) is 0.656. The van der Waals surface area contributed by atoms with Gasteiger partial charge in [-0.15, -0.1) is 5.11 Å². The summed E-state index contributed by atoms with van der Waals surface area (Å²) < 4.78 is 44.3. The van der Waals surface area contributed by atoms with E-state index in [0.29, 0.717) is 23.3 Å². The molecule has 7 nitrogen and oxygen atoms in total. The number of alkyl halides is 3. The lowest BCUT2D eigenvalue weighted by Gasteiger charge is -2.48. The number of nitrogens with zero attached hydrogens (tertiary/aromatic N) is 4. The van der Waals surface area contributed by atoms with Crippen molar-refractivity contribution >= 4 is 5.91 Å². The van der Waals surface area contributed by atoms with Crippen LogP contribution in [0, 0.1) is 6.92 Å². The molecule has 5 rings (SSSR count). The predicted octanol–water partition coefficient (Wildman–Crippen LogP) is 4.81. The standard InChI is InChI=1S/C25H27F3N6O/c1-6-24(15-9-7-8-14(10-15)16-12-34(5)33-13(16)2)18-17(11-23(3,4)30-22(18)35)29-21-19(24)20(31-32-21)25(26,27)28/h7-10,12,21,29H,6,11H2,1-5H3,(H,30,35). The topological polar surface area (TPSA) is 83.7 Å². The van der Waals surface area contributed by atoms with Crippen LogP contribution in [0.2, 0.25) is 0 Å². The van der Waals surface area contributed by atoms with Crippen LogP contribution in [0.4, 0.5) is 13.2 Å². The molecule has 1 aromatic heterocycles. The van der Waals surface area contributed by atoms with E-state index in [9.17, 15) is 18.0 Å². The van der Waals surface area contributed by atoms with E-state index in [4.69, 9.17) is 0 Å². The Morgan fingerprint density at radius 3 is 2.63 bits per heavy atom. The first-order valence-electron chi connectivity index (χ1n) is 11.5. The van der Waals surface area contributed by atoms with Gasteiger partial charge in [0.1, 0.15) is 0 Å². The molecule has 184 valence electrons. The lowest BCUT2D eigenvalue weighted by atomic mass is 9.61. The maximum Gasteiger partial charge on any atom is 0.435 e. The van der Waals surface area contributed by atoms with Gasteiger partial charge in [0.25, 0.3) is 5.91 Å². The Morgan fingerprint density at radius 2 is 2.00 bits per heavy atom. The van der Waals surface area contributed by atoms with Gasteiger partial charge in [-0.3, -0.25) is 9.48 Å². The molecule has 3 aliphatic heterocycles. The number of allylic oxidation sites excluding steroid dienone is 1. The van der Waals surface area contributed by atoms with Gasteiger partial charge < -0.3 is 10.6 Å². The summed E-state index contributed by atoms with van der Waals surface area (Å²) in [6.07, 6.45) is -3.16. The molecule has 3 aliphatic rings. The Balaban J connectivity index is 1.83. The van der Waals surface area contributed by atoms with Crippen molar-refractivity contribution in [2.75, 3.05) is 0 Å². The van der Waals surface area contributed by atoms with Crippen molar-refractivity contribution in [1.82, 2.24) is 20.4 Å². The van der Waals surface area contributed by atoms with E-state index in [2.05, 4.69) is 26.0 Å². The lowest BCUT2D eigenvalue weighted by molar-refractivity contribution is -0.120. The van der Waals surface area contributed by atoms with Gasteiger partial charge in [0.05, 0.1) is 16.7 Å². The number of carbonyl (C=O) groups is 1. The molecule has 0 spiro atoms. The minimum atomic E-state index is -4.71. The lowest BCUT2D eigenvalue weighted by Crippen LogP contribution is -2.58. The second-order valence-corrected chi connectivity index (χ2v) is 10.0. The zero-order chi connectivity index (χ0) is 25.3. The van der Waals surface area contributed by atoms with E-state index >= 15 is 0 Å². The number of amides is 1. The fourth-order valence-electron chi connectivity index (χ4n) is 5.76. The van der Waals surface area contributed by atoms with E-state index in [1.165, 1.54) is 0 Å². The van der Waals surface area contributed by atoms with Crippen LogP contribution in [0.1, 0.15) is 44.9 Å². The number of rotatable bonds is 3. The summed E-state index contributed by atoms with van der Waals surface area (Å²) in [5, 5.41) is 18.1. The highest BCUT2D eigenvalue weighted by Gasteiger charge is 2.57. The van der Waals surface area contributed by atoms with Crippen LogP contribution < -0.4 is 10.6 Å². The van der Waals surface area contributed by atoms with Crippen LogP contribution in [-0.4, -0.2) is 33.6 Å². The number of aromatic nitrogens is 2. The first kappa shape index (κ1) is 23.3. The van der Waals surface area contributed by atoms with Crippen LogP contribution in [0.25, 0.3) is 11.1 Å². The number of azo groups is 1. The van der Waals surface area contributed by atoms with Gasteiger partial charge in [0.2, 0.25) is 0 Å². The number of hydrogen-bond acceptors (Lipinski definition) is 5. The molecule has 1 amide bonds. The second kappa shape index (κ2) is 7.53. The van der Waals surface area contributed by atoms with Crippen molar-refractivity contribution < 1.29 is 18.0 Å². The Labute approximate surface area is 201 Å². The summed E-state index contributed by atoms with van der Waals surface area (Å²) in [6.45, 7) is 7.46. The van der Waals surface area contributed by atoms with Crippen LogP contribution in [0.5, 0.6) is 0 Å². The Bertz CT molecular complexity index is 1330. The highest BCUT2D eigenvalue weighted by atomic mass is 19.4. The van der Waals surface area contributed by atoms with Gasteiger partial charge in [-0.2, -0.15) is 23.4 Å². The average Bonchev–Trinajstić information content (AvgIpc) is 3.34. The third-order valence-electron chi connectivity index (χ3n) is 7.08. The third kappa shape index (κ3) is 3.49. The molecule has 0 saturated carbocycles. The number of hydrogen-bond donors (Lipinski definition) is 2. The van der Waals surface area contributed by atoms with Crippen molar-refractivity contribution in [3.05, 3.63) is 64.3 Å². The molecule has 0 radical (unpaired) electrons. The van der Waals surface area contributed by atoms with Gasteiger partial charge >= 0.3 is 6.18 Å². The molecule has 0 bridgehead atoms. The molecule has 2 unspecified atom stereocenters. The summed E-state index contributed by atoms with van der Waals surface area (Å²) >= 11 is 0. The number of aryl methyl sites for hydroxylation is 2. The molecule has 4 heterocycles.